The van der Waals surface area contributed by atoms with Crippen LogP contribution in [0, 0.1) is 16.0 Å². The van der Waals surface area contributed by atoms with Crippen LogP contribution >= 0.6 is 11.8 Å². The zero-order valence-corrected chi connectivity index (χ0v) is 15.7. The summed E-state index contributed by atoms with van der Waals surface area (Å²) in [6, 6.07) is 9.65. The highest BCUT2D eigenvalue weighted by atomic mass is 32.2. The van der Waals surface area contributed by atoms with Gasteiger partial charge in [0.15, 0.2) is 5.03 Å². The van der Waals surface area contributed by atoms with Crippen LogP contribution in [0.3, 0.4) is 0 Å². The Labute approximate surface area is 161 Å². The zero-order chi connectivity index (χ0) is 18.8. The van der Waals surface area contributed by atoms with Crippen molar-refractivity contribution in [1.82, 2.24) is 15.0 Å². The summed E-state index contributed by atoms with van der Waals surface area (Å²) >= 11 is 1.27. The molecule has 0 bridgehead atoms. The summed E-state index contributed by atoms with van der Waals surface area (Å²) in [5.74, 6) is 1.05. The summed E-state index contributed by atoms with van der Waals surface area (Å²) in [5.41, 5.74) is 0.788. The maximum atomic E-state index is 11.9. The second-order valence-corrected chi connectivity index (χ2v) is 7.74. The molecule has 2 aromatic heterocycles. The molecule has 7 nitrogen and oxygen atoms in total. The Hall–Kier alpha value is -2.74. The minimum atomic E-state index is -0.367. The lowest BCUT2D eigenvalue weighted by atomic mass is 9.99. The predicted molar refractivity (Wildman–Crippen MR) is 105 cm³/mol. The molecule has 0 N–H and O–H groups in total. The van der Waals surface area contributed by atoms with Crippen LogP contribution in [0.2, 0.25) is 0 Å². The molecular formula is C19H19N5O2S. The highest BCUT2D eigenvalue weighted by Crippen LogP contribution is 2.40. The second-order valence-electron chi connectivity index (χ2n) is 6.71. The van der Waals surface area contributed by atoms with E-state index in [2.05, 4.69) is 21.9 Å². The molecule has 0 radical (unpaired) electrons. The molecule has 1 fully saturated rings. The van der Waals surface area contributed by atoms with Gasteiger partial charge in [0.1, 0.15) is 6.33 Å². The standard InChI is InChI=1S/C19H19N5O2S/c1-13-7-10-23(11-8-13)18-17(24(25)26)19(22-12-21-18)27-15-6-2-4-14-5-3-9-20-16(14)15/h2-6,9,12-13H,7-8,10-11H2,1H3. The van der Waals surface area contributed by atoms with Gasteiger partial charge >= 0.3 is 5.69 Å². The van der Waals surface area contributed by atoms with Gasteiger partial charge in [0, 0.05) is 29.6 Å². The highest BCUT2D eigenvalue weighted by Gasteiger charge is 2.29. The molecule has 8 heteroatoms. The van der Waals surface area contributed by atoms with Crippen molar-refractivity contribution in [3.63, 3.8) is 0 Å². The van der Waals surface area contributed by atoms with E-state index in [1.165, 1.54) is 18.1 Å². The van der Waals surface area contributed by atoms with E-state index in [9.17, 15) is 10.1 Å². The summed E-state index contributed by atoms with van der Waals surface area (Å²) in [6.07, 6.45) is 5.16. The van der Waals surface area contributed by atoms with Crippen LogP contribution in [0.4, 0.5) is 11.5 Å². The smallest absolute Gasteiger partial charge is 0.343 e. The van der Waals surface area contributed by atoms with Crippen LogP contribution in [0.5, 0.6) is 0 Å². The quantitative estimate of drug-likeness (QED) is 0.378. The topological polar surface area (TPSA) is 85.0 Å². The molecule has 3 heterocycles. The van der Waals surface area contributed by atoms with Gasteiger partial charge in [0.25, 0.3) is 0 Å². The molecule has 0 saturated carbocycles. The second kappa shape index (κ2) is 7.48. The number of fused-ring (bicyclic) bond motifs is 1. The molecule has 3 aromatic rings. The number of anilines is 1. The molecule has 0 aliphatic carbocycles. The fourth-order valence-corrected chi connectivity index (χ4v) is 4.29. The van der Waals surface area contributed by atoms with E-state index in [1.54, 1.807) is 6.20 Å². The Balaban J connectivity index is 1.74. The van der Waals surface area contributed by atoms with Crippen LogP contribution in [0.1, 0.15) is 19.8 Å². The van der Waals surface area contributed by atoms with Crippen molar-refractivity contribution in [3.8, 4) is 0 Å². The first-order chi connectivity index (χ1) is 13.1. The fraction of sp³-hybridized carbons (Fsp3) is 0.316. The molecule has 4 rings (SSSR count). The molecule has 0 amide bonds. The summed E-state index contributed by atoms with van der Waals surface area (Å²) in [5, 5.41) is 13.2. The Bertz CT molecular complexity index is 984. The van der Waals surface area contributed by atoms with Crippen molar-refractivity contribution in [1.29, 1.82) is 0 Å². The molecule has 1 aliphatic heterocycles. The lowest BCUT2D eigenvalue weighted by molar-refractivity contribution is -0.387. The Morgan fingerprint density at radius 1 is 1.15 bits per heavy atom. The third-order valence-corrected chi connectivity index (χ3v) is 5.88. The van der Waals surface area contributed by atoms with Crippen molar-refractivity contribution in [3.05, 3.63) is 53.0 Å². The molecule has 27 heavy (non-hydrogen) atoms. The molecule has 1 saturated heterocycles. The maximum Gasteiger partial charge on any atom is 0.343 e. The third-order valence-electron chi connectivity index (χ3n) is 4.84. The number of nitro groups is 1. The minimum Gasteiger partial charge on any atom is -0.351 e. The molecule has 1 aromatic carbocycles. The van der Waals surface area contributed by atoms with Gasteiger partial charge in [0.2, 0.25) is 5.82 Å². The number of pyridine rings is 1. The number of piperidine rings is 1. The fourth-order valence-electron chi connectivity index (χ4n) is 3.30. The molecule has 0 unspecified atom stereocenters. The number of hydrogen-bond donors (Lipinski definition) is 0. The molecule has 138 valence electrons. The summed E-state index contributed by atoms with van der Waals surface area (Å²) in [7, 11) is 0. The van der Waals surface area contributed by atoms with Gasteiger partial charge in [-0.1, -0.05) is 36.9 Å². The van der Waals surface area contributed by atoms with E-state index in [4.69, 9.17) is 0 Å². The Kier molecular flexibility index (Phi) is 4.89. The lowest BCUT2D eigenvalue weighted by Gasteiger charge is -2.30. The zero-order valence-electron chi connectivity index (χ0n) is 14.9. The SMILES string of the molecule is CC1CCN(c2ncnc(Sc3cccc4cccnc34)c2[N+](=O)[O-])CC1. The number of para-hydroxylation sites is 1. The molecule has 1 aliphatic rings. The van der Waals surface area contributed by atoms with Crippen molar-refractivity contribution in [2.24, 2.45) is 5.92 Å². The molecular weight excluding hydrogens is 362 g/mol. The predicted octanol–water partition coefficient (Wildman–Crippen LogP) is 4.32. The lowest BCUT2D eigenvalue weighted by Crippen LogP contribution is -2.34. The number of hydrogen-bond acceptors (Lipinski definition) is 7. The van der Waals surface area contributed by atoms with Gasteiger partial charge in [-0.3, -0.25) is 15.1 Å². The van der Waals surface area contributed by atoms with E-state index in [1.807, 2.05) is 35.2 Å². The van der Waals surface area contributed by atoms with Crippen LogP contribution in [0.25, 0.3) is 10.9 Å². The number of nitrogens with zero attached hydrogens (tertiary/aromatic N) is 5. The first-order valence-corrected chi connectivity index (χ1v) is 9.71. The van der Waals surface area contributed by atoms with E-state index >= 15 is 0 Å². The number of rotatable bonds is 4. The largest absolute Gasteiger partial charge is 0.351 e. The van der Waals surface area contributed by atoms with Crippen LogP contribution in [0.15, 0.2) is 52.8 Å². The minimum absolute atomic E-state index is 0.0232. The summed E-state index contributed by atoms with van der Waals surface area (Å²) < 4.78 is 0. The van der Waals surface area contributed by atoms with E-state index in [0.29, 0.717) is 16.8 Å². The average Bonchev–Trinajstić information content (AvgIpc) is 2.68. The van der Waals surface area contributed by atoms with Gasteiger partial charge < -0.3 is 4.90 Å². The van der Waals surface area contributed by atoms with Gasteiger partial charge in [-0.25, -0.2) is 9.97 Å². The first-order valence-electron chi connectivity index (χ1n) is 8.89. The van der Waals surface area contributed by atoms with Gasteiger partial charge in [-0.15, -0.1) is 0 Å². The van der Waals surface area contributed by atoms with E-state index in [-0.39, 0.29) is 10.6 Å². The number of aromatic nitrogens is 3. The normalized spacial score (nSPS) is 15.2. The van der Waals surface area contributed by atoms with Crippen molar-refractivity contribution in [2.45, 2.75) is 29.7 Å². The monoisotopic (exact) mass is 381 g/mol. The Morgan fingerprint density at radius 2 is 1.93 bits per heavy atom. The Morgan fingerprint density at radius 3 is 2.70 bits per heavy atom. The van der Waals surface area contributed by atoms with E-state index < -0.39 is 0 Å². The van der Waals surface area contributed by atoms with Crippen molar-refractivity contribution in [2.75, 3.05) is 18.0 Å². The molecule has 0 atom stereocenters. The summed E-state index contributed by atoms with van der Waals surface area (Å²) in [6.45, 7) is 3.76. The van der Waals surface area contributed by atoms with Gasteiger partial charge in [-0.05, 0) is 30.9 Å². The first kappa shape index (κ1) is 17.7. The van der Waals surface area contributed by atoms with Gasteiger partial charge in [-0.2, -0.15) is 0 Å². The van der Waals surface area contributed by atoms with Crippen molar-refractivity contribution < 1.29 is 4.92 Å². The summed E-state index contributed by atoms with van der Waals surface area (Å²) in [4.78, 5) is 27.3. The van der Waals surface area contributed by atoms with Crippen LogP contribution in [-0.4, -0.2) is 33.0 Å². The van der Waals surface area contributed by atoms with Crippen LogP contribution < -0.4 is 4.90 Å². The maximum absolute atomic E-state index is 11.9. The van der Waals surface area contributed by atoms with Crippen LogP contribution in [-0.2, 0) is 0 Å². The molecule has 0 spiro atoms. The highest BCUT2D eigenvalue weighted by molar-refractivity contribution is 7.99. The average molecular weight is 381 g/mol. The number of benzene rings is 1. The van der Waals surface area contributed by atoms with Crippen molar-refractivity contribution >= 4 is 34.2 Å². The third kappa shape index (κ3) is 3.57. The van der Waals surface area contributed by atoms with Gasteiger partial charge in [0.05, 0.1) is 10.4 Å². The van der Waals surface area contributed by atoms with E-state index in [0.717, 1.165) is 41.7 Å².